The molecular formula is C8H18Na2O2. The van der Waals surface area contributed by atoms with E-state index in [0.29, 0.717) is 6.42 Å². The Morgan fingerprint density at radius 3 is 2.08 bits per heavy atom. The van der Waals surface area contributed by atoms with Crippen molar-refractivity contribution in [2.24, 2.45) is 0 Å². The third-order valence-electron chi connectivity index (χ3n) is 1.49. The van der Waals surface area contributed by atoms with Gasteiger partial charge in [0.25, 0.3) is 0 Å². The molecule has 0 bridgehead atoms. The van der Waals surface area contributed by atoms with E-state index in [1.807, 2.05) is 0 Å². The van der Waals surface area contributed by atoms with Gasteiger partial charge in [-0.25, -0.2) is 0 Å². The van der Waals surface area contributed by atoms with Crippen molar-refractivity contribution in [2.75, 3.05) is 0 Å². The molecule has 0 aliphatic heterocycles. The Morgan fingerprint density at radius 2 is 1.67 bits per heavy atom. The molecule has 0 aromatic heterocycles. The minimum atomic E-state index is -0.670. The van der Waals surface area contributed by atoms with Crippen molar-refractivity contribution < 1.29 is 71.9 Å². The Kier molecular flexibility index (Phi) is 23.8. The molecule has 0 aromatic rings. The number of hydrogen-bond donors (Lipinski definition) is 1. The number of carboxylic acids is 1. The number of carbonyl (C=O) groups is 1. The summed E-state index contributed by atoms with van der Waals surface area (Å²) in [5.74, 6) is -0.670. The van der Waals surface area contributed by atoms with E-state index in [2.05, 4.69) is 6.92 Å². The zero-order chi connectivity index (χ0) is 7.82. The van der Waals surface area contributed by atoms with Crippen LogP contribution in [0.3, 0.4) is 0 Å². The smallest absolute Gasteiger partial charge is 1.00 e. The van der Waals surface area contributed by atoms with Gasteiger partial charge < -0.3 is 7.96 Å². The molecule has 12 heavy (non-hydrogen) atoms. The zero-order valence-electron chi connectivity index (χ0n) is 10.6. The monoisotopic (exact) mass is 192 g/mol. The number of carboxylic acid groups (broad SMARTS) is 1. The van der Waals surface area contributed by atoms with Crippen LogP contribution in [0.25, 0.3) is 0 Å². The van der Waals surface area contributed by atoms with Crippen LogP contribution in [0, 0.1) is 0 Å². The van der Waals surface area contributed by atoms with Crippen LogP contribution in [0.5, 0.6) is 0 Å². The van der Waals surface area contributed by atoms with Crippen molar-refractivity contribution in [3.05, 3.63) is 0 Å². The van der Waals surface area contributed by atoms with Gasteiger partial charge >= 0.3 is 65.1 Å². The van der Waals surface area contributed by atoms with Crippen molar-refractivity contribution in [3.63, 3.8) is 0 Å². The molecule has 0 atom stereocenters. The first kappa shape index (κ1) is 19.1. The van der Waals surface area contributed by atoms with Crippen molar-refractivity contribution in [1.29, 1.82) is 0 Å². The fourth-order valence-electron chi connectivity index (χ4n) is 0.880. The maximum Gasteiger partial charge on any atom is 1.00 e. The Labute approximate surface area is 122 Å². The first-order valence-electron chi connectivity index (χ1n) is 3.99. The predicted molar refractivity (Wildman–Crippen MR) is 43.2 cm³/mol. The minimum Gasteiger partial charge on any atom is -1.00 e. The molecule has 0 unspecified atom stereocenters. The summed E-state index contributed by atoms with van der Waals surface area (Å²) in [6.45, 7) is 2.15. The van der Waals surface area contributed by atoms with Crippen LogP contribution in [0.2, 0.25) is 0 Å². The average molecular weight is 192 g/mol. The van der Waals surface area contributed by atoms with Gasteiger partial charge in [-0.15, -0.1) is 0 Å². The Bertz CT molecular complexity index is 105. The fraction of sp³-hybridized carbons (Fsp3) is 0.875. The van der Waals surface area contributed by atoms with Gasteiger partial charge in [0.05, 0.1) is 0 Å². The van der Waals surface area contributed by atoms with E-state index < -0.39 is 5.97 Å². The largest absolute Gasteiger partial charge is 1.00 e. The molecule has 0 aliphatic carbocycles. The van der Waals surface area contributed by atoms with Gasteiger partial charge in [0.15, 0.2) is 0 Å². The van der Waals surface area contributed by atoms with E-state index >= 15 is 0 Å². The first-order chi connectivity index (χ1) is 4.77. The summed E-state index contributed by atoms with van der Waals surface area (Å²) >= 11 is 0. The summed E-state index contributed by atoms with van der Waals surface area (Å²) in [5, 5.41) is 8.27. The summed E-state index contributed by atoms with van der Waals surface area (Å²) in [6.07, 6.45) is 5.88. The van der Waals surface area contributed by atoms with E-state index in [0.717, 1.165) is 12.8 Å². The molecule has 0 aliphatic rings. The van der Waals surface area contributed by atoms with Crippen molar-refractivity contribution >= 4 is 5.97 Å². The van der Waals surface area contributed by atoms with E-state index in [1.165, 1.54) is 19.3 Å². The number of rotatable bonds is 6. The molecule has 0 fully saturated rings. The fourth-order valence-corrected chi connectivity index (χ4v) is 0.880. The SMILES string of the molecule is CCCCCCCC(=O)O.[H-].[H-].[Na+].[Na+]. The summed E-state index contributed by atoms with van der Waals surface area (Å²) in [6, 6.07) is 0. The number of hydrogen-bond acceptors (Lipinski definition) is 1. The van der Waals surface area contributed by atoms with Crippen LogP contribution >= 0.6 is 0 Å². The second-order valence-corrected chi connectivity index (χ2v) is 2.56. The molecule has 64 valence electrons. The Hall–Kier alpha value is 1.47. The molecule has 0 spiro atoms. The van der Waals surface area contributed by atoms with Crippen LogP contribution in [0.1, 0.15) is 48.3 Å². The van der Waals surface area contributed by atoms with Crippen molar-refractivity contribution in [3.8, 4) is 0 Å². The zero-order valence-corrected chi connectivity index (χ0v) is 12.6. The van der Waals surface area contributed by atoms with E-state index in [4.69, 9.17) is 5.11 Å². The molecule has 0 amide bonds. The van der Waals surface area contributed by atoms with Gasteiger partial charge in [-0.2, -0.15) is 0 Å². The molecular weight excluding hydrogens is 174 g/mol. The molecule has 0 radical (unpaired) electrons. The van der Waals surface area contributed by atoms with Gasteiger partial charge in [0.1, 0.15) is 0 Å². The van der Waals surface area contributed by atoms with Crippen LogP contribution in [0.4, 0.5) is 0 Å². The number of unbranched alkanes of at least 4 members (excludes halogenated alkanes) is 4. The van der Waals surface area contributed by atoms with Crippen LogP contribution < -0.4 is 59.1 Å². The van der Waals surface area contributed by atoms with Gasteiger partial charge in [-0.1, -0.05) is 32.6 Å². The second kappa shape index (κ2) is 15.0. The number of aliphatic carboxylic acids is 1. The van der Waals surface area contributed by atoms with Crippen molar-refractivity contribution in [2.45, 2.75) is 45.4 Å². The molecule has 0 rings (SSSR count). The predicted octanol–water partition coefficient (Wildman–Crippen LogP) is -3.34. The van der Waals surface area contributed by atoms with Gasteiger partial charge in [-0.3, -0.25) is 4.79 Å². The maximum absolute atomic E-state index is 10.0. The molecule has 0 heterocycles. The van der Waals surface area contributed by atoms with E-state index in [1.54, 1.807) is 0 Å². The van der Waals surface area contributed by atoms with Crippen LogP contribution in [-0.4, -0.2) is 11.1 Å². The third kappa shape index (κ3) is 17.5. The molecule has 4 heteroatoms. The van der Waals surface area contributed by atoms with Gasteiger partial charge in [-0.05, 0) is 6.42 Å². The molecule has 0 aromatic carbocycles. The van der Waals surface area contributed by atoms with E-state index in [9.17, 15) is 4.79 Å². The average Bonchev–Trinajstić information content (AvgIpc) is 1.87. The quantitative estimate of drug-likeness (QED) is 0.353. The Balaban J connectivity index is -0.0000000675. The van der Waals surface area contributed by atoms with Gasteiger partial charge in [0, 0.05) is 6.42 Å². The normalized spacial score (nSPS) is 8.08. The summed E-state index contributed by atoms with van der Waals surface area (Å²) in [5.41, 5.74) is 0. The minimum absolute atomic E-state index is 0. The van der Waals surface area contributed by atoms with Crippen LogP contribution in [0.15, 0.2) is 0 Å². The maximum atomic E-state index is 10.0. The summed E-state index contributed by atoms with van der Waals surface area (Å²) in [7, 11) is 0. The van der Waals surface area contributed by atoms with Crippen molar-refractivity contribution in [1.82, 2.24) is 0 Å². The second-order valence-electron chi connectivity index (χ2n) is 2.56. The summed E-state index contributed by atoms with van der Waals surface area (Å²) < 4.78 is 0. The molecule has 1 N–H and O–H groups in total. The molecule has 0 saturated carbocycles. The Morgan fingerprint density at radius 1 is 1.17 bits per heavy atom. The molecule has 2 nitrogen and oxygen atoms in total. The third-order valence-corrected chi connectivity index (χ3v) is 1.49. The summed E-state index contributed by atoms with van der Waals surface area (Å²) in [4.78, 5) is 10.0. The standard InChI is InChI=1S/C8H16O2.2Na.2H/c1-2-3-4-5-6-7-8(9)10;;;;/h2-7H2,1H3,(H,9,10);;;;/q;2*+1;2*-1. The molecule has 0 saturated heterocycles. The van der Waals surface area contributed by atoms with E-state index in [-0.39, 0.29) is 62.0 Å². The topological polar surface area (TPSA) is 37.3 Å². The first-order valence-corrected chi connectivity index (χ1v) is 3.99. The van der Waals surface area contributed by atoms with Crippen LogP contribution in [-0.2, 0) is 4.79 Å². The van der Waals surface area contributed by atoms with Gasteiger partial charge in [0.2, 0.25) is 0 Å².